The van der Waals surface area contributed by atoms with Crippen molar-refractivity contribution in [2.45, 2.75) is 45.1 Å². The van der Waals surface area contributed by atoms with Gasteiger partial charge in [-0.1, -0.05) is 42.5 Å². The molecule has 0 radical (unpaired) electrons. The van der Waals surface area contributed by atoms with Gasteiger partial charge < -0.3 is 5.32 Å². The van der Waals surface area contributed by atoms with Crippen molar-refractivity contribution in [2.24, 2.45) is 0 Å². The largest absolute Gasteiger partial charge is 0.351 e. The molecule has 9 heteroatoms. The molecule has 0 bridgehead atoms. The molecule has 1 saturated heterocycles. The first-order valence-electron chi connectivity index (χ1n) is 12.7. The first-order valence-corrected chi connectivity index (χ1v) is 12.7. The van der Waals surface area contributed by atoms with E-state index in [4.69, 9.17) is 9.97 Å². The van der Waals surface area contributed by atoms with Crippen molar-refractivity contribution >= 4 is 35.3 Å². The van der Waals surface area contributed by atoms with E-state index in [1.807, 2.05) is 36.4 Å². The molecule has 1 saturated carbocycles. The number of carbonyl (C=O) groups is 3. The number of nitrogens with one attached hydrogen (secondary N) is 2. The maximum atomic E-state index is 12.1. The number of rotatable bonds is 8. The predicted molar refractivity (Wildman–Crippen MR) is 142 cm³/mol. The molecule has 38 heavy (non-hydrogen) atoms. The third-order valence-corrected chi connectivity index (χ3v) is 6.79. The Labute approximate surface area is 219 Å². The van der Waals surface area contributed by atoms with Gasteiger partial charge in [-0.2, -0.15) is 14.6 Å². The van der Waals surface area contributed by atoms with Crippen molar-refractivity contribution in [3.05, 3.63) is 82.8 Å². The number of ketones is 1. The van der Waals surface area contributed by atoms with Crippen molar-refractivity contribution in [1.82, 2.24) is 24.9 Å². The van der Waals surface area contributed by atoms with Crippen LogP contribution >= 0.6 is 0 Å². The molecule has 0 spiro atoms. The van der Waals surface area contributed by atoms with Gasteiger partial charge in [0.1, 0.15) is 5.82 Å². The number of carbonyl (C=O) groups excluding carboxylic acids is 3. The normalized spacial score (nSPS) is 16.3. The SMILES string of the molecule is CC(=O)c1cccc(-c2ccccc2CCc2nc(NC3CC3)n3ncc(/C=C4\CC(=O)NC4=O)c3n2)c1. The minimum atomic E-state index is -0.384. The number of anilines is 1. The summed E-state index contributed by atoms with van der Waals surface area (Å²) in [5.74, 6) is 0.612. The number of imide groups is 1. The molecule has 9 nitrogen and oxygen atoms in total. The number of hydrogen-bond acceptors (Lipinski definition) is 7. The second kappa shape index (κ2) is 9.66. The third kappa shape index (κ3) is 4.82. The minimum absolute atomic E-state index is 0.0350. The van der Waals surface area contributed by atoms with Crippen LogP contribution in [0, 0.1) is 0 Å². The van der Waals surface area contributed by atoms with Crippen LogP contribution in [0.3, 0.4) is 0 Å². The van der Waals surface area contributed by atoms with Gasteiger partial charge in [0.25, 0.3) is 5.91 Å². The highest BCUT2D eigenvalue weighted by Crippen LogP contribution is 2.28. The highest BCUT2D eigenvalue weighted by atomic mass is 16.2. The lowest BCUT2D eigenvalue weighted by Crippen LogP contribution is -2.19. The molecule has 2 aliphatic rings. The molecular weight excluding hydrogens is 480 g/mol. The van der Waals surface area contributed by atoms with Crippen LogP contribution in [0.1, 0.15) is 53.5 Å². The summed E-state index contributed by atoms with van der Waals surface area (Å²) in [5, 5.41) is 10.2. The fourth-order valence-electron chi connectivity index (χ4n) is 4.64. The van der Waals surface area contributed by atoms with Gasteiger partial charge in [0.15, 0.2) is 11.4 Å². The summed E-state index contributed by atoms with van der Waals surface area (Å²) < 4.78 is 1.66. The molecule has 2 fully saturated rings. The number of aryl methyl sites for hydroxylation is 2. The molecule has 4 aromatic rings. The number of benzene rings is 2. The Balaban J connectivity index is 1.33. The van der Waals surface area contributed by atoms with Gasteiger partial charge in [0.05, 0.1) is 12.6 Å². The van der Waals surface area contributed by atoms with E-state index in [1.165, 1.54) is 0 Å². The third-order valence-electron chi connectivity index (χ3n) is 6.79. The number of hydrogen-bond donors (Lipinski definition) is 2. The van der Waals surface area contributed by atoms with Gasteiger partial charge in [-0.3, -0.25) is 19.7 Å². The molecule has 190 valence electrons. The molecule has 3 heterocycles. The van der Waals surface area contributed by atoms with Crippen LogP contribution in [-0.4, -0.2) is 43.2 Å². The van der Waals surface area contributed by atoms with E-state index in [2.05, 4.69) is 27.9 Å². The number of Topliss-reactive ketones (excluding diaryl/α,β-unsaturated/α-hetero) is 1. The van der Waals surface area contributed by atoms with Crippen LogP contribution < -0.4 is 10.6 Å². The number of nitrogens with zero attached hydrogens (tertiary/aromatic N) is 4. The highest BCUT2D eigenvalue weighted by molar-refractivity contribution is 6.15. The Morgan fingerprint density at radius 3 is 2.71 bits per heavy atom. The summed E-state index contributed by atoms with van der Waals surface area (Å²) >= 11 is 0. The first kappa shape index (κ1) is 23.7. The Morgan fingerprint density at radius 2 is 1.95 bits per heavy atom. The van der Waals surface area contributed by atoms with Gasteiger partial charge in [-0.25, -0.2) is 4.98 Å². The molecule has 1 aliphatic carbocycles. The van der Waals surface area contributed by atoms with Crippen LogP contribution in [0.4, 0.5) is 5.95 Å². The fourth-order valence-corrected chi connectivity index (χ4v) is 4.64. The molecule has 2 amide bonds. The zero-order valence-corrected chi connectivity index (χ0v) is 20.9. The van der Waals surface area contributed by atoms with Crippen LogP contribution in [0.25, 0.3) is 22.9 Å². The molecule has 2 aromatic heterocycles. The van der Waals surface area contributed by atoms with Gasteiger partial charge >= 0.3 is 0 Å². The maximum absolute atomic E-state index is 12.1. The molecule has 2 N–H and O–H groups in total. The van der Waals surface area contributed by atoms with Crippen LogP contribution in [0.2, 0.25) is 0 Å². The average molecular weight is 507 g/mol. The van der Waals surface area contributed by atoms with Gasteiger partial charge in [-0.05, 0) is 55.0 Å². The van der Waals surface area contributed by atoms with Crippen LogP contribution in [0.15, 0.2) is 60.3 Å². The maximum Gasteiger partial charge on any atom is 0.254 e. The zero-order chi connectivity index (χ0) is 26.2. The molecule has 0 unspecified atom stereocenters. The summed E-state index contributed by atoms with van der Waals surface area (Å²) in [7, 11) is 0. The van der Waals surface area contributed by atoms with Crippen LogP contribution in [0.5, 0.6) is 0 Å². The van der Waals surface area contributed by atoms with Crippen LogP contribution in [-0.2, 0) is 22.4 Å². The lowest BCUT2D eigenvalue weighted by Gasteiger charge is -2.12. The molecule has 6 rings (SSSR count). The van der Waals surface area contributed by atoms with Gasteiger partial charge in [-0.15, -0.1) is 0 Å². The number of fused-ring (bicyclic) bond motifs is 1. The topological polar surface area (TPSA) is 118 Å². The molecular formula is C29H26N6O3. The summed E-state index contributed by atoms with van der Waals surface area (Å²) in [6.07, 6.45) is 6.80. The molecule has 2 aromatic carbocycles. The van der Waals surface area contributed by atoms with E-state index in [9.17, 15) is 14.4 Å². The summed E-state index contributed by atoms with van der Waals surface area (Å²) in [6, 6.07) is 16.2. The monoisotopic (exact) mass is 506 g/mol. The Bertz CT molecular complexity index is 1630. The minimum Gasteiger partial charge on any atom is -0.351 e. The van der Waals surface area contributed by atoms with E-state index < -0.39 is 0 Å². The standard InChI is InChI=1S/C29H26N6O3/c1-17(36)19-6-4-7-20(13-19)24-8-3-2-5-18(24)9-12-25-32-27-22(14-21-15-26(37)34-28(21)38)16-30-35(27)29(33-25)31-23-10-11-23/h2-8,13-14,16,23H,9-12,15H2,1H3,(H,31,32,33)(H,34,37,38)/b21-14+. The molecule has 0 atom stereocenters. The lowest BCUT2D eigenvalue weighted by atomic mass is 9.95. The van der Waals surface area contributed by atoms with E-state index in [0.717, 1.165) is 29.5 Å². The highest BCUT2D eigenvalue weighted by Gasteiger charge is 2.26. The second-order valence-electron chi connectivity index (χ2n) is 9.74. The number of amides is 2. The Hall–Kier alpha value is -4.66. The van der Waals surface area contributed by atoms with Crippen molar-refractivity contribution in [3.8, 4) is 11.1 Å². The Kier molecular flexibility index (Phi) is 6.03. The van der Waals surface area contributed by atoms with E-state index in [0.29, 0.717) is 53.0 Å². The summed E-state index contributed by atoms with van der Waals surface area (Å²) in [6.45, 7) is 1.57. The van der Waals surface area contributed by atoms with E-state index in [1.54, 1.807) is 23.7 Å². The van der Waals surface area contributed by atoms with E-state index >= 15 is 0 Å². The molecule has 1 aliphatic heterocycles. The quantitative estimate of drug-likeness (QED) is 0.212. The lowest BCUT2D eigenvalue weighted by molar-refractivity contribution is -0.124. The van der Waals surface area contributed by atoms with Gasteiger partial charge in [0, 0.05) is 29.2 Å². The fraction of sp³-hybridized carbons (Fsp3) is 0.241. The summed E-state index contributed by atoms with van der Waals surface area (Å²) in [4.78, 5) is 45.3. The first-order chi connectivity index (χ1) is 18.4. The second-order valence-corrected chi connectivity index (χ2v) is 9.74. The summed E-state index contributed by atoms with van der Waals surface area (Å²) in [5.41, 5.74) is 5.51. The van der Waals surface area contributed by atoms with Gasteiger partial charge in [0.2, 0.25) is 11.9 Å². The van der Waals surface area contributed by atoms with Crippen molar-refractivity contribution in [3.63, 3.8) is 0 Å². The van der Waals surface area contributed by atoms with Crippen molar-refractivity contribution < 1.29 is 14.4 Å². The van der Waals surface area contributed by atoms with Crippen molar-refractivity contribution in [1.29, 1.82) is 0 Å². The average Bonchev–Trinajstić information content (AvgIpc) is 3.55. The zero-order valence-electron chi connectivity index (χ0n) is 20.9. The number of aromatic nitrogens is 4. The Morgan fingerprint density at radius 1 is 1.11 bits per heavy atom. The van der Waals surface area contributed by atoms with Crippen molar-refractivity contribution in [2.75, 3.05) is 5.32 Å². The smallest absolute Gasteiger partial charge is 0.254 e. The predicted octanol–water partition coefficient (Wildman–Crippen LogP) is 3.78. The van der Waals surface area contributed by atoms with E-state index in [-0.39, 0.29) is 24.0 Å².